The molecule has 0 aliphatic carbocycles. The van der Waals surface area contributed by atoms with Crippen molar-refractivity contribution in [3.05, 3.63) is 63.7 Å². The van der Waals surface area contributed by atoms with Gasteiger partial charge < -0.3 is 5.11 Å². The van der Waals surface area contributed by atoms with Crippen molar-refractivity contribution in [2.45, 2.75) is 12.4 Å². The Kier molecular flexibility index (Phi) is 3.68. The number of hydrogen-bond acceptors (Lipinski definition) is 4. The van der Waals surface area contributed by atoms with Gasteiger partial charge in [-0.25, -0.2) is 0 Å². The van der Waals surface area contributed by atoms with E-state index >= 15 is 0 Å². The molecule has 2 aromatic carbocycles. The number of non-ortho nitro benzene ring substituents is 1. The van der Waals surface area contributed by atoms with Crippen LogP contribution in [0, 0.1) is 10.1 Å². The van der Waals surface area contributed by atoms with Gasteiger partial charge >= 0.3 is 0 Å². The van der Waals surface area contributed by atoms with Gasteiger partial charge in [-0.2, -0.15) is 0 Å². The number of alkyl halides is 1. The summed E-state index contributed by atoms with van der Waals surface area (Å²) in [5.41, 5.74) is 2.52. The third-order valence-electron chi connectivity index (χ3n) is 3.51. The molecule has 0 aliphatic rings. The zero-order valence-corrected chi connectivity index (χ0v) is 12.2. The van der Waals surface area contributed by atoms with E-state index in [1.54, 1.807) is 10.7 Å². The minimum Gasteiger partial charge on any atom is -0.492 e. The molecule has 0 saturated carbocycles. The van der Waals surface area contributed by atoms with Crippen molar-refractivity contribution < 1.29 is 10.0 Å². The second-order valence-corrected chi connectivity index (χ2v) is 5.11. The average molecular weight is 318 g/mol. The van der Waals surface area contributed by atoms with Gasteiger partial charge in [-0.15, -0.1) is 16.7 Å². The maximum absolute atomic E-state index is 10.8. The SMILES string of the molecule is O=[N+]([O-])c1ccc2c(c1)c(O)nn2Cc1ccccc1CCl. The van der Waals surface area contributed by atoms with E-state index in [-0.39, 0.29) is 11.6 Å². The first-order valence-electron chi connectivity index (χ1n) is 6.57. The molecule has 1 heterocycles. The molecule has 112 valence electrons. The van der Waals surface area contributed by atoms with Crippen molar-refractivity contribution in [3.8, 4) is 5.88 Å². The molecule has 0 atom stereocenters. The molecule has 0 amide bonds. The number of fused-ring (bicyclic) bond motifs is 1. The van der Waals surface area contributed by atoms with Gasteiger partial charge in [0.15, 0.2) is 0 Å². The predicted octanol–water partition coefficient (Wildman–Crippen LogP) is 3.44. The van der Waals surface area contributed by atoms with Crippen LogP contribution in [0.15, 0.2) is 42.5 Å². The van der Waals surface area contributed by atoms with Crippen LogP contribution in [-0.2, 0) is 12.4 Å². The lowest BCUT2D eigenvalue weighted by Crippen LogP contribution is -2.03. The van der Waals surface area contributed by atoms with Crippen LogP contribution < -0.4 is 0 Å². The van der Waals surface area contributed by atoms with Crippen LogP contribution in [0.3, 0.4) is 0 Å². The van der Waals surface area contributed by atoms with E-state index in [9.17, 15) is 15.2 Å². The maximum atomic E-state index is 10.8. The molecule has 0 fully saturated rings. The number of aromatic hydroxyl groups is 1. The summed E-state index contributed by atoms with van der Waals surface area (Å²) < 4.78 is 1.61. The first-order valence-corrected chi connectivity index (χ1v) is 7.10. The molecule has 0 radical (unpaired) electrons. The average Bonchev–Trinajstić information content (AvgIpc) is 2.83. The number of hydrogen-bond donors (Lipinski definition) is 1. The number of aromatic nitrogens is 2. The molecule has 0 saturated heterocycles. The quantitative estimate of drug-likeness (QED) is 0.454. The Balaban J connectivity index is 2.06. The van der Waals surface area contributed by atoms with E-state index in [1.165, 1.54) is 12.1 Å². The third-order valence-corrected chi connectivity index (χ3v) is 3.80. The molecule has 1 N–H and O–H groups in total. The molecule has 7 heteroatoms. The number of nitro benzene ring substituents is 1. The lowest BCUT2D eigenvalue weighted by atomic mass is 10.1. The van der Waals surface area contributed by atoms with Crippen LogP contribution in [-0.4, -0.2) is 19.8 Å². The maximum Gasteiger partial charge on any atom is 0.270 e. The Hall–Kier alpha value is -2.60. The fourth-order valence-electron chi connectivity index (χ4n) is 2.39. The van der Waals surface area contributed by atoms with Crippen molar-refractivity contribution in [1.82, 2.24) is 9.78 Å². The molecule has 0 aliphatic heterocycles. The molecular formula is C15H12ClN3O3. The Morgan fingerprint density at radius 1 is 1.23 bits per heavy atom. The van der Waals surface area contributed by atoms with Crippen LogP contribution in [0.4, 0.5) is 5.69 Å². The molecule has 22 heavy (non-hydrogen) atoms. The van der Waals surface area contributed by atoms with Crippen LogP contribution in [0.25, 0.3) is 10.9 Å². The van der Waals surface area contributed by atoms with Gasteiger partial charge in [-0.05, 0) is 17.2 Å². The molecule has 0 spiro atoms. The van der Waals surface area contributed by atoms with E-state index in [0.29, 0.717) is 23.3 Å². The number of benzene rings is 2. The summed E-state index contributed by atoms with van der Waals surface area (Å²) in [6.45, 7) is 0.428. The molecule has 0 bridgehead atoms. The molecule has 6 nitrogen and oxygen atoms in total. The van der Waals surface area contributed by atoms with Crippen molar-refractivity contribution >= 4 is 28.2 Å². The summed E-state index contributed by atoms with van der Waals surface area (Å²) in [6, 6.07) is 12.0. The highest BCUT2D eigenvalue weighted by molar-refractivity contribution is 6.17. The van der Waals surface area contributed by atoms with E-state index in [4.69, 9.17) is 11.6 Å². The zero-order chi connectivity index (χ0) is 15.7. The Bertz CT molecular complexity index is 860. The molecule has 0 unspecified atom stereocenters. The van der Waals surface area contributed by atoms with Gasteiger partial charge in [-0.1, -0.05) is 24.3 Å². The highest BCUT2D eigenvalue weighted by atomic mass is 35.5. The smallest absolute Gasteiger partial charge is 0.270 e. The van der Waals surface area contributed by atoms with Crippen LogP contribution in [0.2, 0.25) is 0 Å². The Labute approximate surface area is 130 Å². The topological polar surface area (TPSA) is 81.2 Å². The third kappa shape index (κ3) is 2.48. The van der Waals surface area contributed by atoms with E-state index in [0.717, 1.165) is 11.1 Å². The monoisotopic (exact) mass is 317 g/mol. The van der Waals surface area contributed by atoms with E-state index in [1.807, 2.05) is 24.3 Å². The standard InChI is InChI=1S/C15H12ClN3O3/c16-8-10-3-1-2-4-11(10)9-18-14-6-5-12(19(21)22)7-13(14)15(20)17-18/h1-7H,8-9H2,(H,17,20). The van der Waals surface area contributed by atoms with E-state index < -0.39 is 4.92 Å². The predicted molar refractivity (Wildman–Crippen MR) is 83.2 cm³/mol. The number of rotatable bonds is 4. The minimum absolute atomic E-state index is 0.0801. The first-order chi connectivity index (χ1) is 10.6. The Morgan fingerprint density at radius 3 is 2.64 bits per heavy atom. The molecule has 3 aromatic rings. The van der Waals surface area contributed by atoms with Gasteiger partial charge in [0.1, 0.15) is 0 Å². The fraction of sp³-hybridized carbons (Fsp3) is 0.133. The molecule has 1 aromatic heterocycles. The minimum atomic E-state index is -0.501. The number of nitrogens with zero attached hydrogens (tertiary/aromatic N) is 3. The molecular weight excluding hydrogens is 306 g/mol. The van der Waals surface area contributed by atoms with Gasteiger partial charge in [0.25, 0.3) is 5.69 Å². The normalized spacial score (nSPS) is 11.0. The summed E-state index contributed by atoms with van der Waals surface area (Å²) in [5, 5.41) is 25.2. The van der Waals surface area contributed by atoms with Crippen molar-refractivity contribution in [1.29, 1.82) is 0 Å². The fourth-order valence-corrected chi connectivity index (χ4v) is 2.65. The number of halogens is 1. The summed E-state index contributed by atoms with van der Waals surface area (Å²) in [7, 11) is 0. The van der Waals surface area contributed by atoms with Gasteiger partial charge in [0.05, 0.1) is 22.4 Å². The number of nitro groups is 1. The van der Waals surface area contributed by atoms with E-state index in [2.05, 4.69) is 5.10 Å². The summed E-state index contributed by atoms with van der Waals surface area (Å²) in [6.07, 6.45) is 0. The van der Waals surface area contributed by atoms with Crippen LogP contribution in [0.5, 0.6) is 5.88 Å². The summed E-state index contributed by atoms with van der Waals surface area (Å²) >= 11 is 5.92. The van der Waals surface area contributed by atoms with Crippen LogP contribution in [0.1, 0.15) is 11.1 Å². The second-order valence-electron chi connectivity index (χ2n) is 4.84. The van der Waals surface area contributed by atoms with Gasteiger partial charge in [0.2, 0.25) is 5.88 Å². The highest BCUT2D eigenvalue weighted by Gasteiger charge is 2.15. The van der Waals surface area contributed by atoms with Crippen molar-refractivity contribution in [2.24, 2.45) is 0 Å². The molecule has 3 rings (SSSR count). The lowest BCUT2D eigenvalue weighted by Gasteiger charge is -2.07. The van der Waals surface area contributed by atoms with Gasteiger partial charge in [0, 0.05) is 18.0 Å². The first kappa shape index (κ1) is 14.3. The van der Waals surface area contributed by atoms with Crippen molar-refractivity contribution in [2.75, 3.05) is 0 Å². The van der Waals surface area contributed by atoms with Gasteiger partial charge in [-0.3, -0.25) is 14.8 Å². The lowest BCUT2D eigenvalue weighted by molar-refractivity contribution is -0.384. The van der Waals surface area contributed by atoms with Crippen molar-refractivity contribution in [3.63, 3.8) is 0 Å². The largest absolute Gasteiger partial charge is 0.492 e. The summed E-state index contributed by atoms with van der Waals surface area (Å²) in [4.78, 5) is 10.3. The Morgan fingerprint density at radius 2 is 1.95 bits per heavy atom. The summed E-state index contributed by atoms with van der Waals surface area (Å²) in [5.74, 6) is 0.161. The zero-order valence-electron chi connectivity index (χ0n) is 11.4. The highest BCUT2D eigenvalue weighted by Crippen LogP contribution is 2.28. The van der Waals surface area contributed by atoms with Crippen LogP contribution >= 0.6 is 11.6 Å². The second kappa shape index (κ2) is 5.65.